The average Bonchev–Trinajstić information content (AvgIpc) is 2.40. The average molecular weight is 255 g/mol. The van der Waals surface area contributed by atoms with E-state index in [9.17, 15) is 5.11 Å². The van der Waals surface area contributed by atoms with Crippen molar-refractivity contribution in [2.24, 2.45) is 0 Å². The van der Waals surface area contributed by atoms with Gasteiger partial charge in [-0.1, -0.05) is 42.0 Å². The Morgan fingerprint density at radius 1 is 1.11 bits per heavy atom. The van der Waals surface area contributed by atoms with Crippen LogP contribution in [0.4, 0.5) is 5.69 Å². The van der Waals surface area contributed by atoms with Crippen molar-refractivity contribution in [3.05, 3.63) is 64.7 Å². The molecule has 0 bridgehead atoms. The fourth-order valence-corrected chi connectivity index (χ4v) is 2.20. The third-order valence-electron chi connectivity index (χ3n) is 3.38. The number of nitrogens with one attached hydrogen (secondary N) is 1. The van der Waals surface area contributed by atoms with Crippen LogP contribution in [-0.4, -0.2) is 5.11 Å². The predicted molar refractivity (Wildman–Crippen MR) is 80.3 cm³/mol. The van der Waals surface area contributed by atoms with E-state index in [4.69, 9.17) is 0 Å². The van der Waals surface area contributed by atoms with E-state index >= 15 is 0 Å². The number of aliphatic hydroxyl groups is 1. The Morgan fingerprint density at radius 3 is 2.58 bits per heavy atom. The molecule has 0 saturated carbocycles. The van der Waals surface area contributed by atoms with Crippen LogP contribution in [0.25, 0.3) is 0 Å². The molecule has 0 fully saturated rings. The van der Waals surface area contributed by atoms with Crippen molar-refractivity contribution in [1.29, 1.82) is 0 Å². The van der Waals surface area contributed by atoms with Gasteiger partial charge >= 0.3 is 0 Å². The summed E-state index contributed by atoms with van der Waals surface area (Å²) in [4.78, 5) is 0. The molecule has 0 aliphatic heterocycles. The van der Waals surface area contributed by atoms with Gasteiger partial charge in [0.25, 0.3) is 0 Å². The van der Waals surface area contributed by atoms with Crippen molar-refractivity contribution in [1.82, 2.24) is 0 Å². The zero-order chi connectivity index (χ0) is 13.8. The number of rotatable bonds is 4. The van der Waals surface area contributed by atoms with Crippen LogP contribution < -0.4 is 5.32 Å². The third-order valence-corrected chi connectivity index (χ3v) is 3.38. The minimum absolute atomic E-state index is 0.456. The van der Waals surface area contributed by atoms with Gasteiger partial charge in [-0.3, -0.25) is 0 Å². The van der Waals surface area contributed by atoms with Gasteiger partial charge in [0, 0.05) is 17.8 Å². The summed E-state index contributed by atoms with van der Waals surface area (Å²) >= 11 is 0. The standard InChI is InChI=1S/C17H21NO/c1-12-8-9-13(2)15(10-12)11-18-17-7-5-4-6-16(17)14(3)19/h4-10,14,18-19H,11H2,1-3H3. The van der Waals surface area contributed by atoms with E-state index in [1.165, 1.54) is 16.7 Å². The zero-order valence-electron chi connectivity index (χ0n) is 11.8. The largest absolute Gasteiger partial charge is 0.389 e. The Morgan fingerprint density at radius 2 is 1.84 bits per heavy atom. The van der Waals surface area contributed by atoms with Crippen LogP contribution in [-0.2, 0) is 6.54 Å². The van der Waals surface area contributed by atoms with Crippen molar-refractivity contribution in [2.75, 3.05) is 5.32 Å². The second-order valence-electron chi connectivity index (χ2n) is 5.05. The molecule has 1 atom stereocenters. The highest BCUT2D eigenvalue weighted by molar-refractivity contribution is 5.52. The number of hydrogen-bond acceptors (Lipinski definition) is 2. The van der Waals surface area contributed by atoms with E-state index in [2.05, 4.69) is 37.4 Å². The van der Waals surface area contributed by atoms with Crippen molar-refractivity contribution in [3.63, 3.8) is 0 Å². The number of anilines is 1. The maximum atomic E-state index is 9.76. The van der Waals surface area contributed by atoms with Gasteiger partial charge < -0.3 is 10.4 Å². The molecule has 1 unspecified atom stereocenters. The lowest BCUT2D eigenvalue weighted by molar-refractivity contribution is 0.200. The van der Waals surface area contributed by atoms with Crippen molar-refractivity contribution in [2.45, 2.75) is 33.4 Å². The number of aryl methyl sites for hydroxylation is 2. The molecule has 2 heteroatoms. The summed E-state index contributed by atoms with van der Waals surface area (Å²) in [5.41, 5.74) is 5.78. The lowest BCUT2D eigenvalue weighted by Gasteiger charge is -2.15. The minimum Gasteiger partial charge on any atom is -0.389 e. The van der Waals surface area contributed by atoms with E-state index in [0.717, 1.165) is 17.8 Å². The van der Waals surface area contributed by atoms with E-state index in [1.54, 1.807) is 6.92 Å². The van der Waals surface area contributed by atoms with E-state index < -0.39 is 6.10 Å². The molecular weight excluding hydrogens is 234 g/mol. The molecule has 0 heterocycles. The highest BCUT2D eigenvalue weighted by Crippen LogP contribution is 2.23. The van der Waals surface area contributed by atoms with Gasteiger partial charge in [0.2, 0.25) is 0 Å². The molecule has 2 N–H and O–H groups in total. The first-order valence-electron chi connectivity index (χ1n) is 6.65. The molecule has 2 rings (SSSR count). The van der Waals surface area contributed by atoms with Crippen LogP contribution >= 0.6 is 0 Å². The van der Waals surface area contributed by atoms with Crippen LogP contribution in [0.3, 0.4) is 0 Å². The van der Waals surface area contributed by atoms with E-state index in [0.29, 0.717) is 0 Å². The highest BCUT2D eigenvalue weighted by atomic mass is 16.3. The van der Waals surface area contributed by atoms with Gasteiger partial charge in [-0.15, -0.1) is 0 Å². The SMILES string of the molecule is Cc1ccc(C)c(CNc2ccccc2C(C)O)c1. The zero-order valence-corrected chi connectivity index (χ0v) is 11.8. The number of para-hydroxylation sites is 1. The molecule has 0 radical (unpaired) electrons. The first-order valence-corrected chi connectivity index (χ1v) is 6.65. The molecular formula is C17H21NO. The summed E-state index contributed by atoms with van der Waals surface area (Å²) in [5, 5.41) is 13.2. The Hall–Kier alpha value is -1.80. The maximum absolute atomic E-state index is 9.76. The van der Waals surface area contributed by atoms with Gasteiger partial charge in [-0.05, 0) is 38.0 Å². The Labute approximate surface area is 115 Å². The number of aliphatic hydroxyl groups excluding tert-OH is 1. The Kier molecular flexibility index (Phi) is 4.23. The number of benzene rings is 2. The molecule has 100 valence electrons. The van der Waals surface area contributed by atoms with Crippen LogP contribution in [0.2, 0.25) is 0 Å². The van der Waals surface area contributed by atoms with Crippen LogP contribution in [0.5, 0.6) is 0 Å². The summed E-state index contributed by atoms with van der Waals surface area (Å²) in [6.07, 6.45) is -0.456. The van der Waals surface area contributed by atoms with Crippen LogP contribution in [0.15, 0.2) is 42.5 Å². The molecule has 0 aliphatic carbocycles. The molecule has 0 aromatic heterocycles. The quantitative estimate of drug-likeness (QED) is 0.866. The first-order chi connectivity index (χ1) is 9.08. The lowest BCUT2D eigenvalue weighted by atomic mass is 10.0. The van der Waals surface area contributed by atoms with Crippen molar-refractivity contribution < 1.29 is 5.11 Å². The normalized spacial score (nSPS) is 12.2. The highest BCUT2D eigenvalue weighted by Gasteiger charge is 2.07. The molecule has 0 saturated heterocycles. The van der Waals surface area contributed by atoms with Gasteiger partial charge in [0.1, 0.15) is 0 Å². The topological polar surface area (TPSA) is 32.3 Å². The molecule has 2 aromatic carbocycles. The molecule has 0 spiro atoms. The van der Waals surface area contributed by atoms with Crippen molar-refractivity contribution in [3.8, 4) is 0 Å². The second kappa shape index (κ2) is 5.89. The smallest absolute Gasteiger partial charge is 0.0781 e. The number of hydrogen-bond donors (Lipinski definition) is 2. The van der Waals surface area contributed by atoms with Gasteiger partial charge in [0.05, 0.1) is 6.10 Å². The summed E-state index contributed by atoms with van der Waals surface area (Å²) in [5.74, 6) is 0. The van der Waals surface area contributed by atoms with Gasteiger partial charge in [-0.2, -0.15) is 0 Å². The monoisotopic (exact) mass is 255 g/mol. The fraction of sp³-hybridized carbons (Fsp3) is 0.294. The minimum atomic E-state index is -0.456. The van der Waals surface area contributed by atoms with Crippen LogP contribution in [0, 0.1) is 13.8 Å². The van der Waals surface area contributed by atoms with E-state index in [-0.39, 0.29) is 0 Å². The predicted octanol–water partition coefficient (Wildman–Crippen LogP) is 3.97. The summed E-state index contributed by atoms with van der Waals surface area (Å²) in [6.45, 7) is 6.79. The van der Waals surface area contributed by atoms with Gasteiger partial charge in [0.15, 0.2) is 0 Å². The summed E-state index contributed by atoms with van der Waals surface area (Å²) in [6, 6.07) is 14.4. The summed E-state index contributed by atoms with van der Waals surface area (Å²) in [7, 11) is 0. The molecule has 2 nitrogen and oxygen atoms in total. The second-order valence-corrected chi connectivity index (χ2v) is 5.05. The molecule has 2 aromatic rings. The third kappa shape index (κ3) is 3.36. The first kappa shape index (κ1) is 13.6. The Balaban J connectivity index is 2.17. The maximum Gasteiger partial charge on any atom is 0.0781 e. The Bertz CT molecular complexity index is 561. The van der Waals surface area contributed by atoms with Crippen molar-refractivity contribution >= 4 is 5.69 Å². The van der Waals surface area contributed by atoms with Crippen LogP contribution in [0.1, 0.15) is 35.3 Å². The van der Waals surface area contributed by atoms with E-state index in [1.807, 2.05) is 24.3 Å². The molecule has 0 amide bonds. The van der Waals surface area contributed by atoms with Gasteiger partial charge in [-0.25, -0.2) is 0 Å². The summed E-state index contributed by atoms with van der Waals surface area (Å²) < 4.78 is 0. The lowest BCUT2D eigenvalue weighted by Crippen LogP contribution is -2.05. The molecule has 0 aliphatic rings. The molecule has 19 heavy (non-hydrogen) atoms. The fourth-order valence-electron chi connectivity index (χ4n) is 2.20.